The maximum atomic E-state index is 11.1. The van der Waals surface area contributed by atoms with Crippen LogP contribution in [0.1, 0.15) is 0 Å². The monoisotopic (exact) mass is 311 g/mol. The summed E-state index contributed by atoms with van der Waals surface area (Å²) in [4.78, 5) is 28.6. The van der Waals surface area contributed by atoms with Crippen LogP contribution < -0.4 is 5.32 Å². The Hall–Kier alpha value is -1.02. The maximum absolute atomic E-state index is 11.1. The fourth-order valence-electron chi connectivity index (χ4n) is 1.65. The zero-order chi connectivity index (χ0) is 15.5. The highest BCUT2D eigenvalue weighted by Crippen LogP contribution is 2.40. The minimum Gasteiger partial charge on any atom is -0.394 e. The van der Waals surface area contributed by atoms with Crippen molar-refractivity contribution in [3.8, 4) is 12.3 Å². The third kappa shape index (κ3) is 4.24. The molecule has 114 valence electrons. The first kappa shape index (κ1) is 17.0. The number of hydrogen-bond donors (Lipinski definition) is 6. The van der Waals surface area contributed by atoms with Crippen LogP contribution in [0, 0.1) is 12.3 Å². The summed E-state index contributed by atoms with van der Waals surface area (Å²) in [6, 6.07) is -1.52. The van der Waals surface area contributed by atoms with Gasteiger partial charge in [0.2, 0.25) is 0 Å². The molecule has 0 saturated carbocycles. The molecule has 10 nitrogen and oxygen atoms in total. The highest BCUT2D eigenvalue weighted by Gasteiger charge is 2.47. The smallest absolute Gasteiger partial charge is 0.394 e. The van der Waals surface area contributed by atoms with Gasteiger partial charge in [-0.15, -0.1) is 6.42 Å². The van der Waals surface area contributed by atoms with Crippen LogP contribution in [-0.4, -0.2) is 68.3 Å². The number of ether oxygens (including phenoxy) is 1. The lowest BCUT2D eigenvalue weighted by atomic mass is 9.97. The van der Waals surface area contributed by atoms with Crippen LogP contribution in [0.15, 0.2) is 0 Å². The molecule has 0 spiro atoms. The van der Waals surface area contributed by atoms with Crippen molar-refractivity contribution < 1.29 is 43.7 Å². The van der Waals surface area contributed by atoms with E-state index in [9.17, 15) is 19.6 Å². The quantitative estimate of drug-likeness (QED) is 0.230. The Morgan fingerprint density at radius 1 is 1.40 bits per heavy atom. The molecule has 11 heteroatoms. The summed E-state index contributed by atoms with van der Waals surface area (Å²) in [7, 11) is -5.01. The van der Waals surface area contributed by atoms with Gasteiger partial charge in [0.1, 0.15) is 24.4 Å². The van der Waals surface area contributed by atoms with E-state index in [1.807, 2.05) is 5.32 Å². The Kier molecular flexibility index (Phi) is 5.64. The van der Waals surface area contributed by atoms with Gasteiger partial charge in [0.05, 0.1) is 6.61 Å². The summed E-state index contributed by atoms with van der Waals surface area (Å²) in [6.07, 6.45) is -1.66. The minimum absolute atomic E-state index is 0.741. The van der Waals surface area contributed by atoms with Crippen LogP contribution >= 0.6 is 7.82 Å². The molecule has 20 heavy (non-hydrogen) atoms. The van der Waals surface area contributed by atoms with Crippen LogP contribution in [0.4, 0.5) is 0 Å². The number of phosphoric acid groups is 1. The van der Waals surface area contributed by atoms with E-state index in [-0.39, 0.29) is 0 Å². The highest BCUT2D eigenvalue weighted by molar-refractivity contribution is 7.46. The zero-order valence-electron chi connectivity index (χ0n) is 9.99. The van der Waals surface area contributed by atoms with Gasteiger partial charge in [-0.2, -0.15) is 0 Å². The molecule has 1 rings (SSSR count). The van der Waals surface area contributed by atoms with Crippen LogP contribution in [0.2, 0.25) is 0 Å². The van der Waals surface area contributed by atoms with Crippen LogP contribution in [-0.2, 0) is 18.6 Å². The number of carbonyl (C=O) groups excluding carboxylic acids is 1. The standard InChI is InChI=1S/C9H14NO9P/c1-2-5(12)10-6-8(14)7(13)4(3-11)18-9(6)19-20(15,16)17/h1,4,6-9,11,13-14H,3H2,(H,10,12)(H2,15,16,17)/t4-,6-,7-,8-,9-/m1/s1. The van der Waals surface area contributed by atoms with Gasteiger partial charge in [0.15, 0.2) is 6.29 Å². The molecule has 0 aliphatic carbocycles. The Balaban J connectivity index is 2.96. The summed E-state index contributed by atoms with van der Waals surface area (Å²) in [5.41, 5.74) is 0. The molecule has 1 amide bonds. The largest absolute Gasteiger partial charge is 0.472 e. The summed E-state index contributed by atoms with van der Waals surface area (Å²) in [5.74, 6) is 0.651. The highest BCUT2D eigenvalue weighted by atomic mass is 31.2. The van der Waals surface area contributed by atoms with E-state index in [1.54, 1.807) is 5.92 Å². The lowest BCUT2D eigenvalue weighted by Crippen LogP contribution is -2.64. The molecule has 0 bridgehead atoms. The van der Waals surface area contributed by atoms with E-state index in [0.717, 1.165) is 0 Å². The number of hydrogen-bond acceptors (Lipinski definition) is 7. The molecule has 1 aliphatic heterocycles. The molecule has 1 heterocycles. The van der Waals surface area contributed by atoms with Gasteiger partial charge in [-0.1, -0.05) is 0 Å². The molecule has 0 aromatic heterocycles. The van der Waals surface area contributed by atoms with Crippen molar-refractivity contribution in [3.63, 3.8) is 0 Å². The van der Waals surface area contributed by atoms with Crippen molar-refractivity contribution in [3.05, 3.63) is 0 Å². The van der Waals surface area contributed by atoms with Gasteiger partial charge in [0, 0.05) is 0 Å². The van der Waals surface area contributed by atoms with Crippen LogP contribution in [0.3, 0.4) is 0 Å². The van der Waals surface area contributed by atoms with Gasteiger partial charge in [-0.25, -0.2) is 4.57 Å². The summed E-state index contributed by atoms with van der Waals surface area (Å²) >= 11 is 0. The number of carbonyl (C=O) groups is 1. The topological polar surface area (TPSA) is 166 Å². The van der Waals surface area contributed by atoms with Gasteiger partial charge < -0.3 is 35.2 Å². The second-order valence-electron chi connectivity index (χ2n) is 3.95. The molecule has 0 aromatic rings. The van der Waals surface area contributed by atoms with Gasteiger partial charge in [-0.3, -0.25) is 9.32 Å². The zero-order valence-corrected chi connectivity index (χ0v) is 10.9. The maximum Gasteiger partial charge on any atom is 0.472 e. The fraction of sp³-hybridized carbons (Fsp3) is 0.667. The Labute approximate surface area is 113 Å². The van der Waals surface area contributed by atoms with Crippen molar-refractivity contribution in [2.75, 3.05) is 6.61 Å². The number of terminal acetylenes is 1. The Bertz CT molecular complexity index is 443. The first-order chi connectivity index (χ1) is 9.19. The second kappa shape index (κ2) is 6.62. The first-order valence-corrected chi connectivity index (χ1v) is 6.86. The van der Waals surface area contributed by atoms with Gasteiger partial charge in [0.25, 0.3) is 5.91 Å². The van der Waals surface area contributed by atoms with Crippen LogP contribution in [0.5, 0.6) is 0 Å². The van der Waals surface area contributed by atoms with Crippen molar-refractivity contribution in [1.82, 2.24) is 5.32 Å². The number of amides is 1. The van der Waals surface area contributed by atoms with E-state index >= 15 is 0 Å². The van der Waals surface area contributed by atoms with Crippen molar-refractivity contribution >= 4 is 13.7 Å². The van der Waals surface area contributed by atoms with Crippen LogP contribution in [0.25, 0.3) is 0 Å². The average Bonchev–Trinajstić information content (AvgIpc) is 2.36. The lowest BCUT2D eigenvalue weighted by Gasteiger charge is -2.41. The molecule has 5 atom stereocenters. The molecular formula is C9H14NO9P. The number of rotatable bonds is 4. The predicted molar refractivity (Wildman–Crippen MR) is 61.7 cm³/mol. The SMILES string of the molecule is C#CC(=O)N[C@H]1[C@@H](OP(=O)(O)O)O[C@H](CO)[C@@H](O)[C@@H]1O. The van der Waals surface area contributed by atoms with E-state index in [4.69, 9.17) is 26.1 Å². The van der Waals surface area contributed by atoms with E-state index < -0.39 is 51.0 Å². The summed E-state index contributed by atoms with van der Waals surface area (Å²) in [6.45, 7) is -0.741. The lowest BCUT2D eigenvalue weighted by molar-refractivity contribution is -0.247. The number of nitrogens with one attached hydrogen (secondary N) is 1. The molecule has 0 unspecified atom stereocenters. The molecule has 0 radical (unpaired) electrons. The van der Waals surface area contributed by atoms with E-state index in [1.165, 1.54) is 0 Å². The third-order valence-corrected chi connectivity index (χ3v) is 3.03. The molecule has 1 fully saturated rings. The molecule has 1 aliphatic rings. The Morgan fingerprint density at radius 3 is 2.45 bits per heavy atom. The minimum atomic E-state index is -5.01. The van der Waals surface area contributed by atoms with Gasteiger partial charge in [-0.05, 0) is 5.92 Å². The van der Waals surface area contributed by atoms with E-state index in [2.05, 4.69) is 4.52 Å². The fourth-order valence-corrected chi connectivity index (χ4v) is 2.11. The van der Waals surface area contributed by atoms with Crippen molar-refractivity contribution in [1.29, 1.82) is 0 Å². The molecule has 6 N–H and O–H groups in total. The predicted octanol–water partition coefficient (Wildman–Crippen LogP) is -3.35. The van der Waals surface area contributed by atoms with Gasteiger partial charge >= 0.3 is 7.82 Å². The average molecular weight is 311 g/mol. The number of phosphoric ester groups is 1. The second-order valence-corrected chi connectivity index (χ2v) is 5.14. The normalized spacial score (nSPS) is 34.3. The molecule has 0 aromatic carbocycles. The third-order valence-electron chi connectivity index (χ3n) is 2.55. The van der Waals surface area contributed by atoms with E-state index in [0.29, 0.717) is 0 Å². The van der Waals surface area contributed by atoms with Crippen molar-refractivity contribution in [2.45, 2.75) is 30.6 Å². The number of aliphatic hydroxyl groups is 3. The molecule has 1 saturated heterocycles. The first-order valence-electron chi connectivity index (χ1n) is 5.33. The number of aliphatic hydroxyl groups excluding tert-OH is 3. The molecular weight excluding hydrogens is 297 g/mol. The summed E-state index contributed by atoms with van der Waals surface area (Å²) < 4.78 is 20.0. The van der Waals surface area contributed by atoms with Crippen molar-refractivity contribution in [2.24, 2.45) is 0 Å². The summed E-state index contributed by atoms with van der Waals surface area (Å²) in [5, 5.41) is 30.4. The Morgan fingerprint density at radius 2 is 2.00 bits per heavy atom.